The average Bonchev–Trinajstić information content (AvgIpc) is 3.23. The SMILES string of the molecule is CC(C)N(C=N)C(=N)c1cccc(NC(=O)c2ccc3nc(N4CCCCC4)sc3c2)n1. The second-order valence-electron chi connectivity index (χ2n) is 8.07. The number of carbonyl (C=O) groups excluding carboxylic acids is 1. The molecule has 0 saturated carbocycles. The van der Waals surface area contributed by atoms with Gasteiger partial charge >= 0.3 is 0 Å². The molecule has 3 N–H and O–H groups in total. The van der Waals surface area contributed by atoms with Crippen molar-refractivity contribution < 1.29 is 4.79 Å². The lowest BCUT2D eigenvalue weighted by molar-refractivity contribution is 0.102. The summed E-state index contributed by atoms with van der Waals surface area (Å²) in [5.74, 6) is 0.218. The first-order chi connectivity index (χ1) is 15.5. The predicted molar refractivity (Wildman–Crippen MR) is 130 cm³/mol. The molecule has 0 spiro atoms. The number of nitrogens with one attached hydrogen (secondary N) is 3. The molecule has 1 fully saturated rings. The molecule has 32 heavy (non-hydrogen) atoms. The maximum absolute atomic E-state index is 12.9. The van der Waals surface area contributed by atoms with E-state index in [-0.39, 0.29) is 17.8 Å². The van der Waals surface area contributed by atoms with E-state index in [1.54, 1.807) is 35.6 Å². The standard InChI is InChI=1S/C23H27N7OS/c1-15(2)30(14-24)21(25)18-7-6-8-20(26-18)28-22(31)16-9-10-17-19(13-16)32-23(27-17)29-11-4-3-5-12-29/h6-10,13-15,24-25H,3-5,11-12H2,1-2H3,(H,26,28,31). The van der Waals surface area contributed by atoms with Crippen LogP contribution in [0.1, 0.15) is 49.2 Å². The van der Waals surface area contributed by atoms with E-state index in [1.807, 2.05) is 26.0 Å². The number of carbonyl (C=O) groups is 1. The van der Waals surface area contributed by atoms with Gasteiger partial charge < -0.3 is 15.1 Å². The second-order valence-corrected chi connectivity index (χ2v) is 9.08. The summed E-state index contributed by atoms with van der Waals surface area (Å²) in [5, 5.41) is 19.7. The number of piperidine rings is 1. The number of amides is 1. The van der Waals surface area contributed by atoms with Gasteiger partial charge in [0.1, 0.15) is 11.5 Å². The number of aromatic nitrogens is 2. The van der Waals surface area contributed by atoms with Crippen LogP contribution in [0.4, 0.5) is 10.9 Å². The first-order valence-corrected chi connectivity index (χ1v) is 11.6. The van der Waals surface area contributed by atoms with E-state index in [9.17, 15) is 4.79 Å². The summed E-state index contributed by atoms with van der Waals surface area (Å²) in [6, 6.07) is 10.6. The summed E-state index contributed by atoms with van der Waals surface area (Å²) in [7, 11) is 0. The molecular weight excluding hydrogens is 422 g/mol. The van der Waals surface area contributed by atoms with Crippen LogP contribution in [0.3, 0.4) is 0 Å². The van der Waals surface area contributed by atoms with Crippen LogP contribution >= 0.6 is 11.3 Å². The van der Waals surface area contributed by atoms with E-state index < -0.39 is 0 Å². The minimum atomic E-state index is -0.260. The van der Waals surface area contributed by atoms with Gasteiger partial charge in [0.2, 0.25) is 0 Å². The number of hydrogen-bond acceptors (Lipinski definition) is 7. The monoisotopic (exact) mass is 449 g/mol. The molecule has 0 atom stereocenters. The number of fused-ring (bicyclic) bond motifs is 1. The number of amidine groups is 1. The lowest BCUT2D eigenvalue weighted by Gasteiger charge is -2.25. The highest BCUT2D eigenvalue weighted by molar-refractivity contribution is 7.22. The van der Waals surface area contributed by atoms with E-state index in [0.29, 0.717) is 17.1 Å². The van der Waals surface area contributed by atoms with Crippen LogP contribution in [0.15, 0.2) is 36.4 Å². The van der Waals surface area contributed by atoms with Crippen LogP contribution in [0.25, 0.3) is 10.2 Å². The molecule has 0 aliphatic carbocycles. The number of benzene rings is 1. The fourth-order valence-corrected chi connectivity index (χ4v) is 4.76. The summed E-state index contributed by atoms with van der Waals surface area (Å²) in [5.41, 5.74) is 1.84. The zero-order chi connectivity index (χ0) is 22.7. The lowest BCUT2D eigenvalue weighted by Crippen LogP contribution is -2.36. The summed E-state index contributed by atoms with van der Waals surface area (Å²) >= 11 is 1.62. The number of thiazole rings is 1. The third-order valence-electron chi connectivity index (χ3n) is 5.45. The fourth-order valence-electron chi connectivity index (χ4n) is 3.70. The van der Waals surface area contributed by atoms with Gasteiger partial charge in [0.25, 0.3) is 5.91 Å². The van der Waals surface area contributed by atoms with Crippen LogP contribution in [0, 0.1) is 10.8 Å². The summed E-state index contributed by atoms with van der Waals surface area (Å²) in [6.45, 7) is 5.88. The molecule has 9 heteroatoms. The van der Waals surface area contributed by atoms with Gasteiger partial charge in [-0.2, -0.15) is 0 Å². The normalized spacial score (nSPS) is 13.9. The molecule has 1 aliphatic heterocycles. The van der Waals surface area contributed by atoms with Gasteiger partial charge in [0.15, 0.2) is 11.0 Å². The molecule has 4 rings (SSSR count). The van der Waals surface area contributed by atoms with Gasteiger partial charge in [-0.3, -0.25) is 15.6 Å². The Morgan fingerprint density at radius 1 is 1.19 bits per heavy atom. The minimum Gasteiger partial charge on any atom is -0.348 e. The summed E-state index contributed by atoms with van der Waals surface area (Å²) in [4.78, 5) is 25.8. The van der Waals surface area contributed by atoms with E-state index in [2.05, 4.69) is 15.2 Å². The Balaban J connectivity index is 1.51. The number of nitrogens with zero attached hydrogens (tertiary/aromatic N) is 4. The Hall–Kier alpha value is -3.33. The van der Waals surface area contributed by atoms with Crippen molar-refractivity contribution in [2.45, 2.75) is 39.2 Å². The smallest absolute Gasteiger partial charge is 0.256 e. The molecule has 8 nitrogen and oxygen atoms in total. The topological polar surface area (TPSA) is 109 Å². The van der Waals surface area contributed by atoms with Gasteiger partial charge in [0.05, 0.1) is 16.6 Å². The molecule has 1 saturated heterocycles. The first-order valence-electron chi connectivity index (χ1n) is 10.8. The van der Waals surface area contributed by atoms with Crippen LogP contribution in [-0.2, 0) is 0 Å². The van der Waals surface area contributed by atoms with Gasteiger partial charge in [-0.1, -0.05) is 17.4 Å². The zero-order valence-electron chi connectivity index (χ0n) is 18.3. The van der Waals surface area contributed by atoms with Gasteiger partial charge in [-0.25, -0.2) is 9.97 Å². The van der Waals surface area contributed by atoms with Crippen molar-refractivity contribution in [3.05, 3.63) is 47.7 Å². The Kier molecular flexibility index (Phi) is 6.45. The van der Waals surface area contributed by atoms with E-state index in [0.717, 1.165) is 34.8 Å². The lowest BCUT2D eigenvalue weighted by atomic mass is 10.1. The van der Waals surface area contributed by atoms with Crippen molar-refractivity contribution in [3.8, 4) is 0 Å². The van der Waals surface area contributed by atoms with Crippen molar-refractivity contribution in [2.75, 3.05) is 23.3 Å². The molecular formula is C23H27N7OS. The van der Waals surface area contributed by atoms with Gasteiger partial charge in [-0.05, 0) is 63.4 Å². The highest BCUT2D eigenvalue weighted by Crippen LogP contribution is 2.31. The number of anilines is 2. The molecule has 0 bridgehead atoms. The number of rotatable bonds is 6. The van der Waals surface area contributed by atoms with Crippen molar-refractivity contribution >= 4 is 50.6 Å². The first kappa shape index (κ1) is 21.9. The maximum Gasteiger partial charge on any atom is 0.256 e. The van der Waals surface area contributed by atoms with Crippen molar-refractivity contribution in [3.63, 3.8) is 0 Å². The van der Waals surface area contributed by atoms with Crippen molar-refractivity contribution in [2.24, 2.45) is 0 Å². The minimum absolute atomic E-state index is 0.0407. The van der Waals surface area contributed by atoms with E-state index >= 15 is 0 Å². The second kappa shape index (κ2) is 9.44. The quantitative estimate of drug-likeness (QED) is 0.377. The Labute approximate surface area is 191 Å². The Bertz CT molecular complexity index is 1150. The molecule has 1 amide bonds. The molecule has 0 radical (unpaired) electrons. The van der Waals surface area contributed by atoms with E-state index in [4.69, 9.17) is 15.8 Å². The Morgan fingerprint density at radius 2 is 1.97 bits per heavy atom. The highest BCUT2D eigenvalue weighted by Gasteiger charge is 2.18. The molecule has 166 valence electrons. The van der Waals surface area contributed by atoms with Crippen LogP contribution in [-0.4, -0.2) is 52.1 Å². The third-order valence-corrected chi connectivity index (χ3v) is 6.53. The van der Waals surface area contributed by atoms with Crippen LogP contribution in [0.5, 0.6) is 0 Å². The van der Waals surface area contributed by atoms with Crippen LogP contribution < -0.4 is 10.2 Å². The Morgan fingerprint density at radius 3 is 2.69 bits per heavy atom. The molecule has 1 aromatic carbocycles. The van der Waals surface area contributed by atoms with Crippen LogP contribution in [0.2, 0.25) is 0 Å². The molecule has 3 heterocycles. The third kappa shape index (κ3) is 4.62. The van der Waals surface area contributed by atoms with Gasteiger partial charge in [0, 0.05) is 24.7 Å². The predicted octanol–water partition coefficient (Wildman–Crippen LogP) is 4.58. The maximum atomic E-state index is 12.9. The zero-order valence-corrected chi connectivity index (χ0v) is 19.1. The molecule has 1 aliphatic rings. The largest absolute Gasteiger partial charge is 0.348 e. The van der Waals surface area contributed by atoms with Crippen molar-refractivity contribution in [1.29, 1.82) is 10.8 Å². The molecule has 3 aromatic rings. The average molecular weight is 450 g/mol. The van der Waals surface area contributed by atoms with E-state index in [1.165, 1.54) is 24.2 Å². The number of hydrogen-bond donors (Lipinski definition) is 3. The molecule has 2 aromatic heterocycles. The summed E-state index contributed by atoms with van der Waals surface area (Å²) < 4.78 is 0.986. The van der Waals surface area contributed by atoms with Crippen molar-refractivity contribution in [1.82, 2.24) is 14.9 Å². The summed E-state index contributed by atoms with van der Waals surface area (Å²) in [6.07, 6.45) is 4.78. The highest BCUT2D eigenvalue weighted by atomic mass is 32.1. The van der Waals surface area contributed by atoms with Gasteiger partial charge in [-0.15, -0.1) is 0 Å². The fraction of sp³-hybridized carbons (Fsp3) is 0.348. The number of pyridine rings is 1. The molecule has 0 unspecified atom stereocenters.